The summed E-state index contributed by atoms with van der Waals surface area (Å²) >= 11 is 13.4. The summed E-state index contributed by atoms with van der Waals surface area (Å²) in [5.74, 6) is -3.25. The maximum atomic E-state index is 13.8. The molecule has 2 aromatic rings. The Morgan fingerprint density at radius 1 is 0.771 bits per heavy atom. The van der Waals surface area contributed by atoms with E-state index in [1.54, 1.807) is 58.3 Å². The van der Waals surface area contributed by atoms with Crippen molar-refractivity contribution < 1.29 is 32.9 Å². The average molecular weight is 718 g/mol. The number of hydrogen-bond acceptors (Lipinski definition) is 9. The molecular weight excluding hydrogens is 679 g/mol. The second-order valence-corrected chi connectivity index (χ2v) is 14.0. The van der Waals surface area contributed by atoms with Crippen molar-refractivity contribution in [3.05, 3.63) is 86.7 Å². The number of carbonyl (C=O) groups is 4. The molecule has 0 unspecified atom stereocenters. The molecule has 0 spiro atoms. The molecule has 3 aliphatic rings. The fraction of sp³-hybridized carbons (Fsp3) is 0.412. The Kier molecular flexibility index (Phi) is 12.0. The Labute approximate surface area is 292 Å². The molecule has 3 heterocycles. The number of likely N-dealkylation sites (tertiary alicyclic amines) is 1. The lowest BCUT2D eigenvalue weighted by Gasteiger charge is -2.37. The zero-order chi connectivity index (χ0) is 34.4. The lowest BCUT2D eigenvalue weighted by atomic mass is 9.79. The van der Waals surface area contributed by atoms with E-state index in [2.05, 4.69) is 10.2 Å². The van der Waals surface area contributed by atoms with Crippen LogP contribution in [0.4, 0.5) is 0 Å². The molecule has 2 saturated heterocycles. The quantitative estimate of drug-likeness (QED) is 0.368. The Hall–Kier alpha value is -3.71. The van der Waals surface area contributed by atoms with Crippen molar-refractivity contribution in [2.24, 2.45) is 0 Å². The minimum absolute atomic E-state index is 0.0292. The van der Waals surface area contributed by atoms with Crippen molar-refractivity contribution in [1.29, 1.82) is 0 Å². The number of nitrogens with one attached hydrogen (secondary N) is 1. The number of rotatable bonds is 10. The van der Waals surface area contributed by atoms with Crippen LogP contribution in [0.3, 0.4) is 0 Å². The monoisotopic (exact) mass is 716 g/mol. The summed E-state index contributed by atoms with van der Waals surface area (Å²) in [5, 5.41) is 3.46. The number of piperazine rings is 1. The molecule has 5 rings (SSSR count). The highest BCUT2D eigenvalue weighted by atomic mass is 35.5. The summed E-state index contributed by atoms with van der Waals surface area (Å²) in [6, 6.07) is 13.5. The van der Waals surface area contributed by atoms with Gasteiger partial charge in [-0.25, -0.2) is 9.59 Å². The van der Waals surface area contributed by atoms with Crippen LogP contribution < -0.4 is 5.32 Å². The Morgan fingerprint density at radius 3 is 1.88 bits per heavy atom. The molecule has 0 aromatic heterocycles. The van der Waals surface area contributed by atoms with Crippen LogP contribution in [0.5, 0.6) is 0 Å². The van der Waals surface area contributed by atoms with E-state index in [-0.39, 0.29) is 62.1 Å². The van der Waals surface area contributed by atoms with E-state index in [0.29, 0.717) is 37.6 Å². The van der Waals surface area contributed by atoms with Gasteiger partial charge in [-0.1, -0.05) is 47.5 Å². The maximum absolute atomic E-state index is 13.8. The molecule has 3 aliphatic heterocycles. The number of nitrogens with zero attached hydrogens (tertiary/aromatic N) is 3. The van der Waals surface area contributed by atoms with E-state index in [9.17, 15) is 23.4 Å². The second kappa shape index (κ2) is 16.1. The number of amides is 2. The molecule has 0 aliphatic carbocycles. The molecule has 14 heteroatoms. The number of ether oxygens (including phenoxy) is 2. The smallest absolute Gasteiger partial charge is 0.336 e. The summed E-state index contributed by atoms with van der Waals surface area (Å²) in [5.41, 5.74) is 0.514. The van der Waals surface area contributed by atoms with Crippen LogP contribution in [0.25, 0.3) is 0 Å². The first kappa shape index (κ1) is 35.6. The predicted molar refractivity (Wildman–Crippen MR) is 182 cm³/mol. The molecule has 2 amide bonds. The van der Waals surface area contributed by atoms with Gasteiger partial charge < -0.3 is 24.6 Å². The third-order valence-corrected chi connectivity index (χ3v) is 10.8. The Morgan fingerprint density at radius 2 is 1.31 bits per heavy atom. The summed E-state index contributed by atoms with van der Waals surface area (Å²) < 4.78 is 24.0. The SMILES string of the molecule is COC(=O)C1=C(CC(=O)N2CCN(C(=O)CN3CCCC3)CC2)NC(C[S@](=O)c2ccccc2)=C(C(=O)OC)[C@H]1c1c(Cl)cccc1Cl. The number of esters is 2. The topological polar surface area (TPSA) is 126 Å². The number of benzene rings is 2. The van der Waals surface area contributed by atoms with E-state index in [1.807, 2.05) is 0 Å². The van der Waals surface area contributed by atoms with Gasteiger partial charge in [0.1, 0.15) is 0 Å². The van der Waals surface area contributed by atoms with Crippen LogP contribution in [0, 0.1) is 0 Å². The number of hydrogen-bond donors (Lipinski definition) is 1. The van der Waals surface area contributed by atoms with Crippen molar-refractivity contribution in [3.63, 3.8) is 0 Å². The van der Waals surface area contributed by atoms with Gasteiger partial charge in [0.15, 0.2) is 0 Å². The third-order valence-electron chi connectivity index (χ3n) is 8.78. The summed E-state index contributed by atoms with van der Waals surface area (Å²) in [4.78, 5) is 59.9. The molecule has 2 atom stereocenters. The molecule has 48 heavy (non-hydrogen) atoms. The summed E-state index contributed by atoms with van der Waals surface area (Å²) in [6.45, 7) is 3.63. The third kappa shape index (κ3) is 7.94. The first-order valence-corrected chi connectivity index (χ1v) is 17.7. The lowest BCUT2D eigenvalue weighted by molar-refractivity contribution is -0.140. The van der Waals surface area contributed by atoms with Crippen molar-refractivity contribution in [1.82, 2.24) is 20.0 Å². The zero-order valence-corrected chi connectivity index (χ0v) is 29.2. The van der Waals surface area contributed by atoms with Gasteiger partial charge in [0.2, 0.25) is 11.8 Å². The molecule has 0 radical (unpaired) electrons. The molecule has 256 valence electrons. The van der Waals surface area contributed by atoms with Gasteiger partial charge >= 0.3 is 11.9 Å². The van der Waals surface area contributed by atoms with Gasteiger partial charge in [0, 0.05) is 58.1 Å². The lowest BCUT2D eigenvalue weighted by Crippen LogP contribution is -2.52. The normalized spacial score (nSPS) is 19.2. The van der Waals surface area contributed by atoms with Crippen LogP contribution >= 0.6 is 23.2 Å². The summed E-state index contributed by atoms with van der Waals surface area (Å²) in [7, 11) is 0.754. The minimum atomic E-state index is -1.64. The Bertz CT molecular complexity index is 1630. The van der Waals surface area contributed by atoms with Crippen molar-refractivity contribution in [3.8, 4) is 0 Å². The number of halogens is 2. The highest BCUT2D eigenvalue weighted by Gasteiger charge is 2.42. The molecule has 11 nitrogen and oxygen atoms in total. The fourth-order valence-electron chi connectivity index (χ4n) is 6.33. The van der Waals surface area contributed by atoms with E-state index < -0.39 is 28.7 Å². The van der Waals surface area contributed by atoms with Gasteiger partial charge in [-0.15, -0.1) is 0 Å². The van der Waals surface area contributed by atoms with Crippen molar-refractivity contribution >= 4 is 57.8 Å². The van der Waals surface area contributed by atoms with Crippen LogP contribution in [-0.2, 0) is 39.5 Å². The van der Waals surface area contributed by atoms with E-state index >= 15 is 0 Å². The number of carbonyl (C=O) groups excluding carboxylic acids is 4. The van der Waals surface area contributed by atoms with Gasteiger partial charge in [-0.05, 0) is 50.2 Å². The number of dihydropyridines is 1. The van der Waals surface area contributed by atoms with E-state index in [1.165, 1.54) is 14.2 Å². The van der Waals surface area contributed by atoms with E-state index in [0.717, 1.165) is 25.9 Å². The van der Waals surface area contributed by atoms with Gasteiger partial charge in [-0.3, -0.25) is 18.7 Å². The van der Waals surface area contributed by atoms with Gasteiger partial charge in [0.25, 0.3) is 0 Å². The molecule has 2 aromatic carbocycles. The Balaban J connectivity index is 1.49. The van der Waals surface area contributed by atoms with Gasteiger partial charge in [-0.2, -0.15) is 0 Å². The molecular formula is C34H38Cl2N4O7S. The second-order valence-electron chi connectivity index (χ2n) is 11.7. The first-order valence-electron chi connectivity index (χ1n) is 15.7. The molecule has 0 saturated carbocycles. The zero-order valence-electron chi connectivity index (χ0n) is 26.8. The largest absolute Gasteiger partial charge is 0.466 e. The highest BCUT2D eigenvalue weighted by Crippen LogP contribution is 2.45. The summed E-state index contributed by atoms with van der Waals surface area (Å²) in [6.07, 6.45) is 1.91. The van der Waals surface area contributed by atoms with Crippen LogP contribution in [0.2, 0.25) is 10.0 Å². The first-order chi connectivity index (χ1) is 23.1. The minimum Gasteiger partial charge on any atom is -0.466 e. The standard InChI is InChI=1S/C34H38Cl2N4O7S/c1-46-33(43)30-25(19-27(41)39-15-17-40(18-16-39)28(42)20-38-13-6-7-14-38)37-26(21-48(45)22-9-4-3-5-10-22)31(34(44)47-2)32(30)29-23(35)11-8-12-24(29)36/h3-5,8-12,32,37H,6-7,13-21H2,1-2H3/t32-,48-/m0/s1. The van der Waals surface area contributed by atoms with Crippen molar-refractivity contribution in [2.45, 2.75) is 30.1 Å². The van der Waals surface area contributed by atoms with Crippen LogP contribution in [-0.4, -0.2) is 108 Å². The highest BCUT2D eigenvalue weighted by molar-refractivity contribution is 7.85. The van der Waals surface area contributed by atoms with Gasteiger partial charge in [0.05, 0.1) is 60.8 Å². The van der Waals surface area contributed by atoms with E-state index in [4.69, 9.17) is 32.7 Å². The van der Waals surface area contributed by atoms with Crippen LogP contribution in [0.1, 0.15) is 30.7 Å². The molecule has 2 fully saturated rings. The maximum Gasteiger partial charge on any atom is 0.336 e. The average Bonchev–Trinajstić information content (AvgIpc) is 3.61. The van der Waals surface area contributed by atoms with Crippen LogP contribution in [0.15, 0.2) is 76.0 Å². The van der Waals surface area contributed by atoms with Crippen molar-refractivity contribution in [2.75, 3.05) is 65.8 Å². The fourth-order valence-corrected chi connectivity index (χ4v) is 8.06. The predicted octanol–water partition coefficient (Wildman–Crippen LogP) is 3.50. The number of methoxy groups -OCH3 is 2. The molecule has 0 bridgehead atoms. The molecule has 1 N–H and O–H groups in total.